The number of rotatable bonds is 11. The summed E-state index contributed by atoms with van der Waals surface area (Å²) in [7, 11) is 0. The molecule has 3 aromatic carbocycles. The SMILES string of the molecule is CCn1c2ccccc2c2cc([C@H](NC(=O)[C@@H](CC(=O)NO)CC(C)C)C(=O)NCc3ccccc3)ccc21. The molecule has 2 atom stereocenters. The summed E-state index contributed by atoms with van der Waals surface area (Å²) in [6.07, 6.45) is 0.253. The van der Waals surface area contributed by atoms with Crippen molar-refractivity contribution in [3.05, 3.63) is 83.9 Å². The molecule has 204 valence electrons. The third kappa shape index (κ3) is 6.46. The molecule has 1 heterocycles. The van der Waals surface area contributed by atoms with Gasteiger partial charge in [-0.25, -0.2) is 5.48 Å². The standard InChI is InChI=1S/C31H36N4O4/c1-4-35-26-13-9-8-12-24(26)25-17-22(14-15-27(25)35)29(31(38)32-19-21-10-6-5-7-11-21)33-30(37)23(16-20(2)3)18-28(36)34-39/h5-15,17,20,23,29,39H,4,16,18-19H2,1-3H3,(H,32,38)(H,33,37)(H,34,36)/t23-,29+/m1/s1. The number of fused-ring (bicyclic) bond motifs is 3. The molecule has 0 unspecified atom stereocenters. The molecule has 4 N–H and O–H groups in total. The van der Waals surface area contributed by atoms with E-state index in [0.29, 0.717) is 18.5 Å². The molecule has 8 heteroatoms. The molecule has 0 spiro atoms. The summed E-state index contributed by atoms with van der Waals surface area (Å²) in [5, 5.41) is 17.0. The Morgan fingerprint density at radius 2 is 1.56 bits per heavy atom. The first-order chi connectivity index (χ1) is 18.8. The Kier molecular flexibility index (Phi) is 8.99. The van der Waals surface area contributed by atoms with Gasteiger partial charge in [-0.15, -0.1) is 0 Å². The van der Waals surface area contributed by atoms with E-state index in [1.807, 2.05) is 74.5 Å². The number of nitrogens with one attached hydrogen (secondary N) is 3. The first-order valence-corrected chi connectivity index (χ1v) is 13.4. The molecule has 4 aromatic rings. The Morgan fingerprint density at radius 3 is 2.26 bits per heavy atom. The number of carbonyl (C=O) groups is 3. The van der Waals surface area contributed by atoms with Gasteiger partial charge in [-0.2, -0.15) is 0 Å². The number of benzene rings is 3. The number of carbonyl (C=O) groups excluding carboxylic acids is 3. The Bertz CT molecular complexity index is 1460. The van der Waals surface area contributed by atoms with Crippen molar-refractivity contribution >= 4 is 39.5 Å². The van der Waals surface area contributed by atoms with E-state index >= 15 is 0 Å². The van der Waals surface area contributed by atoms with Crippen LogP contribution >= 0.6 is 0 Å². The minimum Gasteiger partial charge on any atom is -0.350 e. The van der Waals surface area contributed by atoms with Gasteiger partial charge in [-0.05, 0) is 48.6 Å². The molecule has 0 aliphatic heterocycles. The lowest BCUT2D eigenvalue weighted by Crippen LogP contribution is -2.43. The topological polar surface area (TPSA) is 112 Å². The fraction of sp³-hybridized carbons (Fsp3) is 0.323. The molecular formula is C31H36N4O4. The zero-order chi connectivity index (χ0) is 27.9. The summed E-state index contributed by atoms with van der Waals surface area (Å²) in [4.78, 5) is 39.0. The van der Waals surface area contributed by atoms with Crippen molar-refractivity contribution < 1.29 is 19.6 Å². The number of aromatic nitrogens is 1. The molecule has 4 rings (SSSR count). The fourth-order valence-electron chi connectivity index (χ4n) is 5.16. The molecule has 0 saturated heterocycles. The molecule has 3 amide bonds. The summed E-state index contributed by atoms with van der Waals surface area (Å²) in [5.74, 6) is -1.97. The van der Waals surface area contributed by atoms with Crippen LogP contribution in [-0.2, 0) is 27.5 Å². The van der Waals surface area contributed by atoms with Crippen molar-refractivity contribution in [2.24, 2.45) is 11.8 Å². The average molecular weight is 529 g/mol. The first kappa shape index (κ1) is 27.9. The highest BCUT2D eigenvalue weighted by Gasteiger charge is 2.29. The Morgan fingerprint density at radius 1 is 0.872 bits per heavy atom. The minimum atomic E-state index is -0.971. The average Bonchev–Trinajstić information content (AvgIpc) is 3.27. The summed E-state index contributed by atoms with van der Waals surface area (Å²) in [5.41, 5.74) is 5.36. The van der Waals surface area contributed by atoms with Crippen molar-refractivity contribution in [3.63, 3.8) is 0 Å². The van der Waals surface area contributed by atoms with Crippen LogP contribution in [0.5, 0.6) is 0 Å². The van der Waals surface area contributed by atoms with Gasteiger partial charge < -0.3 is 15.2 Å². The summed E-state index contributed by atoms with van der Waals surface area (Å²) < 4.78 is 2.23. The molecule has 0 radical (unpaired) electrons. The number of hydrogen-bond acceptors (Lipinski definition) is 4. The number of para-hydroxylation sites is 1. The molecule has 0 aliphatic rings. The second-order valence-electron chi connectivity index (χ2n) is 10.2. The van der Waals surface area contributed by atoms with E-state index in [2.05, 4.69) is 34.3 Å². The Labute approximate surface area is 228 Å². The lowest BCUT2D eigenvalue weighted by atomic mass is 9.92. The van der Waals surface area contributed by atoms with E-state index in [1.165, 1.54) is 0 Å². The van der Waals surface area contributed by atoms with Crippen LogP contribution in [0.4, 0.5) is 0 Å². The third-order valence-electron chi connectivity index (χ3n) is 6.99. The van der Waals surface area contributed by atoms with Crippen LogP contribution in [0.25, 0.3) is 21.8 Å². The van der Waals surface area contributed by atoms with Crippen LogP contribution in [0.3, 0.4) is 0 Å². The van der Waals surface area contributed by atoms with Gasteiger partial charge in [-0.3, -0.25) is 19.6 Å². The van der Waals surface area contributed by atoms with E-state index in [0.717, 1.165) is 33.9 Å². The van der Waals surface area contributed by atoms with Crippen LogP contribution in [0.1, 0.15) is 50.8 Å². The first-order valence-electron chi connectivity index (χ1n) is 13.4. The normalized spacial score (nSPS) is 12.8. The van der Waals surface area contributed by atoms with Gasteiger partial charge in [0.25, 0.3) is 0 Å². The smallest absolute Gasteiger partial charge is 0.247 e. The largest absolute Gasteiger partial charge is 0.350 e. The third-order valence-corrected chi connectivity index (χ3v) is 6.99. The number of hydrogen-bond donors (Lipinski definition) is 4. The van der Waals surface area contributed by atoms with Crippen LogP contribution < -0.4 is 16.1 Å². The number of amides is 3. The van der Waals surface area contributed by atoms with Crippen LogP contribution in [0, 0.1) is 11.8 Å². The van der Waals surface area contributed by atoms with Gasteiger partial charge in [-0.1, -0.05) is 68.4 Å². The lowest BCUT2D eigenvalue weighted by Gasteiger charge is -2.23. The fourth-order valence-corrected chi connectivity index (χ4v) is 5.16. The highest BCUT2D eigenvalue weighted by molar-refractivity contribution is 6.08. The van der Waals surface area contributed by atoms with Gasteiger partial charge in [0, 0.05) is 47.2 Å². The molecule has 0 fully saturated rings. The molecule has 8 nitrogen and oxygen atoms in total. The predicted octanol–water partition coefficient (Wildman–Crippen LogP) is 4.85. The van der Waals surface area contributed by atoms with Gasteiger partial charge >= 0.3 is 0 Å². The van der Waals surface area contributed by atoms with Gasteiger partial charge in [0.1, 0.15) is 6.04 Å². The van der Waals surface area contributed by atoms with Crippen LogP contribution in [0.2, 0.25) is 0 Å². The maximum Gasteiger partial charge on any atom is 0.247 e. The highest BCUT2D eigenvalue weighted by Crippen LogP contribution is 2.31. The maximum atomic E-state index is 13.6. The van der Waals surface area contributed by atoms with Crippen molar-refractivity contribution in [1.82, 2.24) is 20.7 Å². The summed E-state index contributed by atoms with van der Waals surface area (Å²) in [6, 6.07) is 22.5. The molecule has 0 aliphatic carbocycles. The van der Waals surface area contributed by atoms with Crippen molar-refractivity contribution in [2.45, 2.75) is 52.7 Å². The summed E-state index contributed by atoms with van der Waals surface area (Å²) >= 11 is 0. The zero-order valence-corrected chi connectivity index (χ0v) is 22.6. The van der Waals surface area contributed by atoms with Gasteiger partial charge in [0.15, 0.2) is 0 Å². The monoisotopic (exact) mass is 528 g/mol. The zero-order valence-electron chi connectivity index (χ0n) is 22.6. The number of aryl methyl sites for hydroxylation is 1. The van der Waals surface area contributed by atoms with Crippen molar-refractivity contribution in [3.8, 4) is 0 Å². The molecule has 39 heavy (non-hydrogen) atoms. The van der Waals surface area contributed by atoms with E-state index in [1.54, 1.807) is 5.48 Å². The number of hydroxylamine groups is 1. The quantitative estimate of drug-likeness (QED) is 0.165. The number of nitrogens with zero attached hydrogens (tertiary/aromatic N) is 1. The Hall–Kier alpha value is -4.17. The van der Waals surface area contributed by atoms with Crippen molar-refractivity contribution in [1.29, 1.82) is 0 Å². The van der Waals surface area contributed by atoms with Gasteiger partial charge in [0.05, 0.1) is 0 Å². The predicted molar refractivity (Wildman–Crippen MR) is 152 cm³/mol. The molecule has 0 bridgehead atoms. The molecular weight excluding hydrogens is 492 g/mol. The summed E-state index contributed by atoms with van der Waals surface area (Å²) in [6.45, 7) is 7.12. The maximum absolute atomic E-state index is 13.6. The van der Waals surface area contributed by atoms with Crippen LogP contribution in [0.15, 0.2) is 72.8 Å². The lowest BCUT2D eigenvalue weighted by molar-refractivity contribution is -0.136. The van der Waals surface area contributed by atoms with E-state index in [9.17, 15) is 14.4 Å². The van der Waals surface area contributed by atoms with Crippen molar-refractivity contribution in [2.75, 3.05) is 0 Å². The highest BCUT2D eigenvalue weighted by atomic mass is 16.5. The molecule has 1 aromatic heterocycles. The van der Waals surface area contributed by atoms with E-state index < -0.39 is 23.8 Å². The van der Waals surface area contributed by atoms with E-state index in [-0.39, 0.29) is 18.2 Å². The Balaban J connectivity index is 1.70. The van der Waals surface area contributed by atoms with Gasteiger partial charge in [0.2, 0.25) is 17.7 Å². The second-order valence-corrected chi connectivity index (χ2v) is 10.2. The molecule has 0 saturated carbocycles. The van der Waals surface area contributed by atoms with Crippen LogP contribution in [-0.4, -0.2) is 27.5 Å². The minimum absolute atomic E-state index is 0.133. The second kappa shape index (κ2) is 12.6. The van der Waals surface area contributed by atoms with E-state index in [4.69, 9.17) is 5.21 Å².